The Morgan fingerprint density at radius 3 is 2.29 bits per heavy atom. The first-order valence-corrected chi connectivity index (χ1v) is 22.0. The molecule has 3 aliphatic rings. The summed E-state index contributed by atoms with van der Waals surface area (Å²) >= 11 is 0. The number of aliphatic imine (C=N–C) groups is 1. The zero-order valence-corrected chi connectivity index (χ0v) is 39.7. The van der Waals surface area contributed by atoms with E-state index >= 15 is 0 Å². The fourth-order valence-electron chi connectivity index (χ4n) is 11.4. The summed E-state index contributed by atoms with van der Waals surface area (Å²) in [6, 6.07) is 42.0. The van der Waals surface area contributed by atoms with Crippen LogP contribution in [0.5, 0.6) is 0 Å². The zero-order valence-electron chi connectivity index (χ0n) is 37.4. The number of fused-ring (bicyclic) bond motifs is 9. The molecule has 3 aromatic heterocycles. The van der Waals surface area contributed by atoms with Crippen LogP contribution in [0.25, 0.3) is 55.1 Å². The van der Waals surface area contributed by atoms with E-state index in [1.54, 1.807) is 0 Å². The van der Waals surface area contributed by atoms with E-state index in [1.165, 1.54) is 55.4 Å². The van der Waals surface area contributed by atoms with Crippen LogP contribution in [-0.4, -0.2) is 30.4 Å². The van der Waals surface area contributed by atoms with Gasteiger partial charge >= 0.3 is 21.1 Å². The van der Waals surface area contributed by atoms with Gasteiger partial charge in [0.2, 0.25) is 0 Å². The third-order valence-electron chi connectivity index (χ3n) is 14.5. The van der Waals surface area contributed by atoms with E-state index in [1.807, 2.05) is 12.3 Å². The molecule has 1 aliphatic heterocycles. The van der Waals surface area contributed by atoms with Gasteiger partial charge in [-0.15, -0.1) is 46.8 Å². The number of nitrogens with zero attached hydrogens (tertiary/aromatic N) is 5. The van der Waals surface area contributed by atoms with E-state index in [9.17, 15) is 0 Å². The quantitative estimate of drug-likeness (QED) is 0.161. The molecule has 0 saturated heterocycles. The van der Waals surface area contributed by atoms with Crippen molar-refractivity contribution in [3.05, 3.63) is 171 Å². The van der Waals surface area contributed by atoms with Gasteiger partial charge in [-0.3, -0.25) is 0 Å². The third-order valence-corrected chi connectivity index (χ3v) is 14.5. The van der Waals surface area contributed by atoms with Crippen LogP contribution in [-0.2, 0) is 33.0 Å². The van der Waals surface area contributed by atoms with E-state index in [-0.39, 0.29) is 26.6 Å². The Bertz CT molecular complexity index is 3300. The number of amidine groups is 1. The summed E-state index contributed by atoms with van der Waals surface area (Å²) in [4.78, 5) is 13.5. The molecule has 0 radical (unpaired) electrons. The first-order chi connectivity index (χ1) is 29.3. The van der Waals surface area contributed by atoms with Gasteiger partial charge in [0.05, 0.1) is 22.4 Å². The Hall–Kier alpha value is -5.51. The van der Waals surface area contributed by atoms with E-state index in [0.717, 1.165) is 74.1 Å². The van der Waals surface area contributed by atoms with Crippen molar-refractivity contribution in [2.24, 2.45) is 10.9 Å². The van der Waals surface area contributed by atoms with Crippen molar-refractivity contribution in [1.29, 1.82) is 0 Å². The predicted octanol–water partition coefficient (Wildman–Crippen LogP) is 13.5. The van der Waals surface area contributed by atoms with Crippen LogP contribution in [0.4, 0.5) is 0 Å². The van der Waals surface area contributed by atoms with Crippen molar-refractivity contribution >= 4 is 49.6 Å². The molecule has 0 N–H and O–H groups in total. The minimum absolute atomic E-state index is 0. The third kappa shape index (κ3) is 5.69. The van der Waals surface area contributed by atoms with Crippen molar-refractivity contribution in [2.75, 3.05) is 0 Å². The minimum atomic E-state index is -0.438. The summed E-state index contributed by atoms with van der Waals surface area (Å²) in [5.41, 5.74) is 18.4. The molecular formula is C56H53N5Pt. The average Bonchev–Trinajstić information content (AvgIpc) is 3.86. The molecular weight excluding hydrogens is 938 g/mol. The second-order valence-corrected chi connectivity index (χ2v) is 19.1. The van der Waals surface area contributed by atoms with Crippen molar-refractivity contribution in [1.82, 2.24) is 19.0 Å². The Morgan fingerprint density at radius 2 is 1.50 bits per heavy atom. The molecule has 11 rings (SSSR count). The maximum atomic E-state index is 5.88. The standard InChI is InChI=1S/C56H53N5.Pt/c1-32(2)39-17-22-48-46(28-39)44-12-11-23-57-54(44)59(48)42-18-19-43-45-27-34(4)14-21-49(45)60(51(43)30-42)50-29-40(16-15-36(50)6)53-58-56(10)47-20-13-33(3)26-41(47)31-55(56,9)61(53)52-37(7)24-35(5)25-38(52)8;/h11-24,26-28,32,38H,25,31H2,1-10H3;/q-2;+2/t38-,55-,56+;/m0./s1. The maximum Gasteiger partial charge on any atom is 2.00 e. The molecule has 0 fully saturated rings. The van der Waals surface area contributed by atoms with Crippen molar-refractivity contribution in [2.45, 2.75) is 99.1 Å². The zero-order chi connectivity index (χ0) is 42.3. The normalized spacial score (nSPS) is 21.0. The summed E-state index contributed by atoms with van der Waals surface area (Å²) in [7, 11) is 0. The minimum Gasteiger partial charge on any atom is -0.361 e. The molecule has 62 heavy (non-hydrogen) atoms. The smallest absolute Gasteiger partial charge is 0.361 e. The number of aryl methyl sites for hydroxylation is 3. The van der Waals surface area contributed by atoms with Gasteiger partial charge in [0.15, 0.2) is 0 Å². The Morgan fingerprint density at radius 1 is 0.758 bits per heavy atom. The van der Waals surface area contributed by atoms with E-state index in [2.05, 4.69) is 186 Å². The summed E-state index contributed by atoms with van der Waals surface area (Å²) in [6.07, 6.45) is 6.26. The molecule has 0 bridgehead atoms. The van der Waals surface area contributed by atoms with Crippen LogP contribution < -0.4 is 0 Å². The van der Waals surface area contributed by atoms with Crippen LogP contribution in [0.2, 0.25) is 0 Å². The Labute approximate surface area is 380 Å². The Balaban J connectivity index is 0.00000458. The molecule has 6 heteroatoms. The van der Waals surface area contributed by atoms with Crippen LogP contribution in [0.3, 0.4) is 0 Å². The van der Waals surface area contributed by atoms with Gasteiger partial charge in [0.1, 0.15) is 5.65 Å². The van der Waals surface area contributed by atoms with Crippen LogP contribution in [0, 0.1) is 38.8 Å². The van der Waals surface area contributed by atoms with E-state index < -0.39 is 5.54 Å². The molecule has 2 aliphatic carbocycles. The number of hydrogen-bond donors (Lipinski definition) is 0. The second-order valence-electron chi connectivity index (χ2n) is 19.1. The predicted molar refractivity (Wildman–Crippen MR) is 253 cm³/mol. The summed E-state index contributed by atoms with van der Waals surface area (Å²) < 4.78 is 4.68. The number of allylic oxidation sites excluding steroid dienone is 4. The topological polar surface area (TPSA) is 38.4 Å². The van der Waals surface area contributed by atoms with Gasteiger partial charge in [0.25, 0.3) is 0 Å². The molecule has 5 nitrogen and oxygen atoms in total. The van der Waals surface area contributed by atoms with Gasteiger partial charge in [-0.2, -0.15) is 6.07 Å². The van der Waals surface area contributed by atoms with Gasteiger partial charge in [-0.05, 0) is 130 Å². The number of aromatic nitrogens is 3. The maximum absolute atomic E-state index is 5.88. The second kappa shape index (κ2) is 14.3. The molecule has 4 heterocycles. The van der Waals surface area contributed by atoms with Crippen molar-refractivity contribution in [3.8, 4) is 11.4 Å². The summed E-state index contributed by atoms with van der Waals surface area (Å²) in [6.45, 7) is 22.9. The van der Waals surface area contributed by atoms with Crippen LogP contribution in [0.1, 0.15) is 99.7 Å². The fraction of sp³-hybridized carbons (Fsp3) is 0.286. The number of rotatable bonds is 5. The largest absolute Gasteiger partial charge is 2.00 e. The average molecular weight is 991 g/mol. The SMILES string of the molecule is CC1=CC(C)=C(N2C(c3[c-]c(-n4c5[c-]c(-n6c7ccc(C(C)C)cc7c7cccnc76)ccc5c5cc(C)ccc54)c(C)cc3)=N[C@]3(C)c4ccc(C)cc4C[C@]23C)[C@@H](C)C1.[Pt+2]. The van der Waals surface area contributed by atoms with Crippen LogP contribution in [0.15, 0.2) is 125 Å². The first-order valence-electron chi connectivity index (χ1n) is 22.0. The summed E-state index contributed by atoms with van der Waals surface area (Å²) in [5, 5.41) is 4.73. The van der Waals surface area contributed by atoms with Crippen molar-refractivity contribution in [3.63, 3.8) is 0 Å². The molecule has 0 saturated carbocycles. The van der Waals surface area contributed by atoms with E-state index in [4.69, 9.17) is 9.98 Å². The summed E-state index contributed by atoms with van der Waals surface area (Å²) in [5.74, 6) is 1.79. The number of benzene rings is 5. The van der Waals surface area contributed by atoms with Gasteiger partial charge in [-0.1, -0.05) is 98.1 Å². The molecule has 8 aromatic rings. The van der Waals surface area contributed by atoms with Gasteiger partial charge in [-0.25, -0.2) is 4.98 Å². The molecule has 312 valence electrons. The molecule has 0 amide bonds. The molecule has 0 unspecified atom stereocenters. The molecule has 3 atom stereocenters. The first kappa shape index (κ1) is 40.6. The van der Waals surface area contributed by atoms with E-state index in [0.29, 0.717) is 11.8 Å². The molecule has 0 spiro atoms. The van der Waals surface area contributed by atoms with Crippen LogP contribution >= 0.6 is 0 Å². The van der Waals surface area contributed by atoms with Gasteiger partial charge < -0.3 is 19.0 Å². The molecule has 5 aromatic carbocycles. The van der Waals surface area contributed by atoms with Gasteiger partial charge in [0, 0.05) is 28.2 Å². The fourth-order valence-corrected chi connectivity index (χ4v) is 11.4. The Kier molecular flexibility index (Phi) is 9.33. The monoisotopic (exact) mass is 990 g/mol. The number of pyridine rings is 1. The number of hydrogen-bond acceptors (Lipinski definition) is 3. The van der Waals surface area contributed by atoms with Crippen molar-refractivity contribution < 1.29 is 21.1 Å².